The second-order valence-corrected chi connectivity index (χ2v) is 10.4. The molecule has 0 aliphatic carbocycles. The van der Waals surface area contributed by atoms with Gasteiger partial charge in [0.1, 0.15) is 0 Å². The molecule has 0 unspecified atom stereocenters. The Bertz CT molecular complexity index is 693. The van der Waals surface area contributed by atoms with Crippen molar-refractivity contribution in [1.29, 1.82) is 0 Å². The number of nitrogens with zero attached hydrogens (tertiary/aromatic N) is 1. The van der Waals surface area contributed by atoms with Crippen LogP contribution in [-0.4, -0.2) is 31.3 Å². The Balaban J connectivity index is 2.00. The molecule has 0 radical (unpaired) electrons. The van der Waals surface area contributed by atoms with Crippen molar-refractivity contribution < 1.29 is 4.79 Å². The van der Waals surface area contributed by atoms with Crippen LogP contribution in [-0.2, 0) is 4.79 Å². The number of hydrogen-bond acceptors (Lipinski definition) is 1. The number of carbonyl (C=O) groups excluding carboxylic acids is 1. The second kappa shape index (κ2) is 5.81. The molecule has 1 fully saturated rings. The summed E-state index contributed by atoms with van der Waals surface area (Å²) in [5.41, 5.74) is 1.08. The summed E-state index contributed by atoms with van der Waals surface area (Å²) >= 11 is 0.105. The number of β-lactam (4-membered cyclic amide) rings is 1. The molecule has 1 aliphatic rings. The van der Waals surface area contributed by atoms with E-state index >= 15 is 0 Å². The summed E-state index contributed by atoms with van der Waals surface area (Å²) < 4.78 is 0.966. The summed E-state index contributed by atoms with van der Waals surface area (Å²) in [7, 11) is 0. The van der Waals surface area contributed by atoms with Crippen LogP contribution in [0.5, 0.6) is 0 Å². The van der Waals surface area contributed by atoms with E-state index in [2.05, 4.69) is 81.1 Å². The van der Waals surface area contributed by atoms with Gasteiger partial charge in [-0.05, 0) is 0 Å². The Labute approximate surface area is 145 Å². The van der Waals surface area contributed by atoms with Gasteiger partial charge in [-0.25, -0.2) is 0 Å². The van der Waals surface area contributed by atoms with E-state index in [4.69, 9.17) is 0 Å². The molecule has 0 spiro atoms. The Morgan fingerprint density at radius 3 is 2.00 bits per heavy atom. The fourth-order valence-corrected chi connectivity index (χ4v) is 6.05. The molecule has 23 heavy (non-hydrogen) atoms. The van der Waals surface area contributed by atoms with E-state index in [1.165, 1.54) is 10.0 Å². The standard InChI is InChI=1S/C20H23NOSe/c1-19(2,3)21-17(15-11-7-5-8-12-15)20(4,18(21)22)23-16-13-9-6-10-14-16/h5-14,17H,1-4H3/t17-,20+/m1/s1. The zero-order chi connectivity index (χ0) is 16.7. The van der Waals surface area contributed by atoms with Gasteiger partial charge in [0, 0.05) is 0 Å². The number of likely N-dealkylation sites (tertiary alicyclic amines) is 1. The first-order chi connectivity index (χ1) is 10.8. The molecule has 1 aliphatic heterocycles. The molecule has 2 atom stereocenters. The van der Waals surface area contributed by atoms with Crippen molar-refractivity contribution in [2.45, 2.75) is 43.6 Å². The summed E-state index contributed by atoms with van der Waals surface area (Å²) in [5, 5.41) is 0. The van der Waals surface area contributed by atoms with Crippen molar-refractivity contribution in [3.63, 3.8) is 0 Å². The Morgan fingerprint density at radius 1 is 0.957 bits per heavy atom. The Hall–Kier alpha value is -1.57. The predicted octanol–water partition coefficient (Wildman–Crippen LogP) is 3.58. The van der Waals surface area contributed by atoms with Crippen LogP contribution in [0.4, 0.5) is 0 Å². The third-order valence-electron chi connectivity index (χ3n) is 4.33. The zero-order valence-corrected chi connectivity index (χ0v) is 15.8. The molecular weight excluding hydrogens is 349 g/mol. The monoisotopic (exact) mass is 373 g/mol. The van der Waals surface area contributed by atoms with Crippen molar-refractivity contribution in [3.8, 4) is 0 Å². The van der Waals surface area contributed by atoms with E-state index in [0.29, 0.717) is 0 Å². The summed E-state index contributed by atoms with van der Waals surface area (Å²) in [5.74, 6) is 0.280. The van der Waals surface area contributed by atoms with Gasteiger partial charge in [0.15, 0.2) is 0 Å². The van der Waals surface area contributed by atoms with Crippen LogP contribution in [0.2, 0.25) is 4.31 Å². The number of amides is 1. The average molecular weight is 372 g/mol. The minimum absolute atomic E-state index is 0.105. The molecule has 1 saturated heterocycles. The molecule has 2 nitrogen and oxygen atoms in total. The van der Waals surface area contributed by atoms with Gasteiger partial charge < -0.3 is 0 Å². The van der Waals surface area contributed by atoms with Crippen LogP contribution in [0, 0.1) is 0 Å². The fraction of sp³-hybridized carbons (Fsp3) is 0.350. The summed E-state index contributed by atoms with van der Waals surface area (Å²) in [6, 6.07) is 21.0. The van der Waals surface area contributed by atoms with E-state index in [-0.39, 0.29) is 36.8 Å². The van der Waals surface area contributed by atoms with Gasteiger partial charge in [0.25, 0.3) is 0 Å². The van der Waals surface area contributed by atoms with Crippen LogP contribution in [0.3, 0.4) is 0 Å². The molecular formula is C20H23NOSe. The van der Waals surface area contributed by atoms with Crippen LogP contribution in [0.1, 0.15) is 39.3 Å². The van der Waals surface area contributed by atoms with Gasteiger partial charge in [-0.3, -0.25) is 0 Å². The first-order valence-electron chi connectivity index (χ1n) is 7.97. The Kier molecular flexibility index (Phi) is 4.12. The van der Waals surface area contributed by atoms with Crippen molar-refractivity contribution >= 4 is 25.3 Å². The number of rotatable bonds is 3. The molecule has 0 saturated carbocycles. The molecule has 1 heterocycles. The van der Waals surface area contributed by atoms with E-state index in [0.717, 1.165) is 0 Å². The van der Waals surface area contributed by atoms with E-state index < -0.39 is 0 Å². The van der Waals surface area contributed by atoms with Gasteiger partial charge in [0.2, 0.25) is 0 Å². The number of carbonyl (C=O) groups is 1. The van der Waals surface area contributed by atoms with Crippen LogP contribution in [0.15, 0.2) is 60.7 Å². The number of hydrogen-bond donors (Lipinski definition) is 0. The quantitative estimate of drug-likeness (QED) is 0.596. The van der Waals surface area contributed by atoms with E-state index in [1.807, 2.05) is 12.1 Å². The molecule has 0 aromatic heterocycles. The van der Waals surface area contributed by atoms with Gasteiger partial charge >= 0.3 is 145 Å². The third-order valence-corrected chi connectivity index (χ3v) is 7.12. The molecule has 0 bridgehead atoms. The first kappa shape index (κ1) is 16.3. The zero-order valence-electron chi connectivity index (χ0n) is 14.1. The molecule has 0 N–H and O–H groups in total. The maximum absolute atomic E-state index is 13.1. The van der Waals surface area contributed by atoms with Crippen LogP contribution in [0.25, 0.3) is 0 Å². The van der Waals surface area contributed by atoms with Gasteiger partial charge in [-0.15, -0.1) is 0 Å². The molecule has 3 rings (SSSR count). The topological polar surface area (TPSA) is 20.3 Å². The summed E-state index contributed by atoms with van der Waals surface area (Å²) in [6.07, 6.45) is 0. The number of benzene rings is 2. The maximum atomic E-state index is 13.1. The van der Waals surface area contributed by atoms with Crippen LogP contribution < -0.4 is 4.46 Å². The molecule has 1 amide bonds. The molecule has 2 aromatic carbocycles. The molecule has 3 heteroatoms. The third kappa shape index (κ3) is 2.84. The fourth-order valence-electron chi connectivity index (χ4n) is 3.28. The van der Waals surface area contributed by atoms with Crippen molar-refractivity contribution in [2.75, 3.05) is 0 Å². The normalized spacial score (nSPS) is 24.4. The average Bonchev–Trinajstić information content (AvgIpc) is 2.52. The minimum atomic E-state index is -0.316. The van der Waals surface area contributed by atoms with Gasteiger partial charge in [-0.1, -0.05) is 0 Å². The molecule has 120 valence electrons. The molecule has 2 aromatic rings. The predicted molar refractivity (Wildman–Crippen MR) is 96.0 cm³/mol. The van der Waals surface area contributed by atoms with E-state index in [9.17, 15) is 4.79 Å². The first-order valence-corrected chi connectivity index (χ1v) is 9.68. The van der Waals surface area contributed by atoms with Crippen LogP contribution >= 0.6 is 0 Å². The SMILES string of the molecule is CC(C)(C)N1C(=O)[C@@](C)([Se]c2ccccc2)[C@H]1c1ccccc1. The van der Waals surface area contributed by atoms with E-state index in [1.54, 1.807) is 0 Å². The van der Waals surface area contributed by atoms with Gasteiger partial charge in [0.05, 0.1) is 0 Å². The van der Waals surface area contributed by atoms with Gasteiger partial charge in [-0.2, -0.15) is 0 Å². The van der Waals surface area contributed by atoms with Crippen molar-refractivity contribution in [2.24, 2.45) is 0 Å². The summed E-state index contributed by atoms with van der Waals surface area (Å²) in [4.78, 5) is 15.1. The Morgan fingerprint density at radius 2 is 1.48 bits per heavy atom. The van der Waals surface area contributed by atoms with Crippen molar-refractivity contribution in [3.05, 3.63) is 66.2 Å². The van der Waals surface area contributed by atoms with Crippen molar-refractivity contribution in [1.82, 2.24) is 4.90 Å². The second-order valence-electron chi connectivity index (χ2n) is 7.18. The summed E-state index contributed by atoms with van der Waals surface area (Å²) in [6.45, 7) is 8.50.